The Labute approximate surface area is 217 Å². The number of nitrogen functional groups attached to an aromatic ring is 1. The van der Waals surface area contributed by atoms with E-state index < -0.39 is 0 Å². The van der Waals surface area contributed by atoms with E-state index >= 15 is 0 Å². The van der Waals surface area contributed by atoms with Crippen molar-refractivity contribution in [3.63, 3.8) is 0 Å². The van der Waals surface area contributed by atoms with Crippen molar-refractivity contribution in [2.24, 2.45) is 4.99 Å². The zero-order valence-corrected chi connectivity index (χ0v) is 21.7. The van der Waals surface area contributed by atoms with E-state index in [4.69, 9.17) is 27.3 Å². The number of rotatable bonds is 5. The highest BCUT2D eigenvalue weighted by Gasteiger charge is 2.35. The number of anilines is 2. The van der Waals surface area contributed by atoms with Crippen molar-refractivity contribution < 1.29 is 4.79 Å². The second kappa shape index (κ2) is 10.5. The minimum atomic E-state index is -0.0659. The molecule has 1 amide bonds. The highest BCUT2D eigenvalue weighted by Crippen LogP contribution is 2.27. The van der Waals surface area contributed by atoms with Crippen LogP contribution in [0.1, 0.15) is 54.4 Å². The summed E-state index contributed by atoms with van der Waals surface area (Å²) in [6.45, 7) is 8.55. The van der Waals surface area contributed by atoms with Crippen LogP contribution >= 0.6 is 11.6 Å². The zero-order valence-electron chi connectivity index (χ0n) is 20.9. The molecule has 0 saturated carbocycles. The molecule has 3 aliphatic heterocycles. The number of aromatic nitrogens is 3. The van der Waals surface area contributed by atoms with E-state index in [0.717, 1.165) is 68.2 Å². The van der Waals surface area contributed by atoms with Gasteiger partial charge in [0, 0.05) is 57.4 Å². The Morgan fingerprint density at radius 2 is 1.97 bits per heavy atom. The van der Waals surface area contributed by atoms with E-state index in [9.17, 15) is 4.79 Å². The van der Waals surface area contributed by atoms with Crippen LogP contribution in [0.25, 0.3) is 0 Å². The Bertz CT molecular complexity index is 1190. The van der Waals surface area contributed by atoms with E-state index in [1.807, 2.05) is 30.3 Å². The first-order chi connectivity index (χ1) is 17.4. The molecule has 0 radical (unpaired) electrons. The first kappa shape index (κ1) is 24.6. The first-order valence-corrected chi connectivity index (χ1v) is 13.1. The van der Waals surface area contributed by atoms with Crippen LogP contribution in [0.3, 0.4) is 0 Å². The summed E-state index contributed by atoms with van der Waals surface area (Å²) in [6.07, 6.45) is 9.51. The lowest BCUT2D eigenvalue weighted by Crippen LogP contribution is -2.59. The van der Waals surface area contributed by atoms with E-state index in [1.165, 1.54) is 0 Å². The van der Waals surface area contributed by atoms with Crippen LogP contribution in [0, 0.1) is 6.92 Å². The SMILES string of the molecule is CC[C@H]1CN(c2ncc(C3=NC=CC3)nc2C)CCN1C1CCN(C(=O)c2ccc(Cl)nc2N)CC1. The number of pyridine rings is 1. The van der Waals surface area contributed by atoms with Gasteiger partial charge in [-0.2, -0.15) is 0 Å². The summed E-state index contributed by atoms with van der Waals surface area (Å²) in [5.74, 6) is 1.10. The molecule has 2 fully saturated rings. The van der Waals surface area contributed by atoms with Crippen LogP contribution in [0.15, 0.2) is 35.6 Å². The maximum Gasteiger partial charge on any atom is 0.257 e. The number of aliphatic imine (C=N–C) groups is 1. The monoisotopic (exact) mass is 508 g/mol. The molecule has 190 valence electrons. The molecule has 0 bridgehead atoms. The predicted molar refractivity (Wildman–Crippen MR) is 143 cm³/mol. The summed E-state index contributed by atoms with van der Waals surface area (Å²) < 4.78 is 0. The number of hydrogen-bond acceptors (Lipinski definition) is 8. The highest BCUT2D eigenvalue weighted by atomic mass is 35.5. The molecule has 2 aromatic heterocycles. The van der Waals surface area contributed by atoms with Crippen LogP contribution in [0.2, 0.25) is 5.15 Å². The molecule has 9 nitrogen and oxygen atoms in total. The lowest BCUT2D eigenvalue weighted by atomic mass is 9.97. The largest absolute Gasteiger partial charge is 0.383 e. The molecule has 0 aromatic carbocycles. The Hall–Kier alpha value is -3.04. The van der Waals surface area contributed by atoms with Crippen LogP contribution in [0.5, 0.6) is 0 Å². The third-order valence-corrected chi connectivity index (χ3v) is 7.71. The molecule has 36 heavy (non-hydrogen) atoms. The molecular weight excluding hydrogens is 476 g/mol. The Morgan fingerprint density at radius 1 is 1.17 bits per heavy atom. The minimum Gasteiger partial charge on any atom is -0.383 e. The Morgan fingerprint density at radius 3 is 2.64 bits per heavy atom. The zero-order chi connectivity index (χ0) is 25.2. The number of hydrogen-bond donors (Lipinski definition) is 1. The number of allylic oxidation sites excluding steroid dienone is 1. The van der Waals surface area contributed by atoms with Gasteiger partial charge in [-0.3, -0.25) is 14.7 Å². The summed E-state index contributed by atoms with van der Waals surface area (Å²) in [4.78, 5) is 37.9. The summed E-state index contributed by atoms with van der Waals surface area (Å²) in [7, 11) is 0. The number of nitrogens with zero attached hydrogens (tertiary/aromatic N) is 7. The number of piperazine rings is 1. The van der Waals surface area contributed by atoms with Crippen LogP contribution < -0.4 is 10.6 Å². The fourth-order valence-corrected chi connectivity index (χ4v) is 5.72. The maximum atomic E-state index is 13.0. The van der Waals surface area contributed by atoms with E-state index in [2.05, 4.69) is 26.7 Å². The number of nitrogens with two attached hydrogens (primary N) is 1. The smallest absolute Gasteiger partial charge is 0.257 e. The van der Waals surface area contributed by atoms with Gasteiger partial charge in [-0.1, -0.05) is 24.6 Å². The Balaban J connectivity index is 1.20. The average Bonchev–Trinajstić information content (AvgIpc) is 3.43. The topological polar surface area (TPSA) is 104 Å². The van der Waals surface area contributed by atoms with Crippen molar-refractivity contribution in [2.75, 3.05) is 43.4 Å². The summed E-state index contributed by atoms with van der Waals surface area (Å²) in [5.41, 5.74) is 9.17. The molecule has 2 N–H and O–H groups in total. The average molecular weight is 509 g/mol. The Kier molecular flexibility index (Phi) is 7.20. The van der Waals surface area contributed by atoms with E-state index in [0.29, 0.717) is 35.9 Å². The normalized spacial score (nSPS) is 21.2. The molecule has 2 aromatic rings. The van der Waals surface area contributed by atoms with E-state index in [1.54, 1.807) is 12.1 Å². The number of aryl methyl sites for hydroxylation is 1. The predicted octanol–water partition coefficient (Wildman–Crippen LogP) is 3.33. The van der Waals surface area contributed by atoms with Gasteiger partial charge in [-0.05, 0) is 38.3 Å². The summed E-state index contributed by atoms with van der Waals surface area (Å²) in [5, 5.41) is 0.296. The standard InChI is InChI=1S/C26H33ClN8O/c1-3-18-16-34(25-17(2)31-22(15-30-25)21-5-4-10-29-21)13-14-35(18)19-8-11-33(12-9-19)26(36)20-6-7-23(27)32-24(20)28/h4,6-7,10,15,18-19H,3,5,8-9,11-14,16H2,1-2H3,(H2,28,32)/t18-/m0/s1. The molecule has 0 unspecified atom stereocenters. The lowest BCUT2D eigenvalue weighted by Gasteiger charge is -2.47. The maximum absolute atomic E-state index is 13.0. The first-order valence-electron chi connectivity index (χ1n) is 12.7. The molecule has 0 aliphatic carbocycles. The summed E-state index contributed by atoms with van der Waals surface area (Å²) >= 11 is 5.89. The molecule has 0 spiro atoms. The van der Waals surface area contributed by atoms with Gasteiger partial charge < -0.3 is 15.5 Å². The van der Waals surface area contributed by atoms with Gasteiger partial charge in [0.25, 0.3) is 5.91 Å². The van der Waals surface area contributed by atoms with Gasteiger partial charge in [-0.15, -0.1) is 0 Å². The van der Waals surface area contributed by atoms with Crippen molar-refractivity contribution in [2.45, 2.75) is 51.6 Å². The van der Waals surface area contributed by atoms with Crippen molar-refractivity contribution >= 4 is 34.9 Å². The van der Waals surface area contributed by atoms with Gasteiger partial charge in [0.05, 0.1) is 23.2 Å². The van der Waals surface area contributed by atoms with Crippen LogP contribution in [0.4, 0.5) is 11.6 Å². The van der Waals surface area contributed by atoms with Crippen LogP contribution in [-0.2, 0) is 0 Å². The number of carbonyl (C=O) groups is 1. The van der Waals surface area contributed by atoms with Gasteiger partial charge >= 0.3 is 0 Å². The van der Waals surface area contributed by atoms with Gasteiger partial charge in [-0.25, -0.2) is 15.0 Å². The second-order valence-corrected chi connectivity index (χ2v) is 10.1. The molecule has 1 atom stereocenters. The van der Waals surface area contributed by atoms with Crippen molar-refractivity contribution in [3.05, 3.63) is 52.7 Å². The van der Waals surface area contributed by atoms with Crippen molar-refractivity contribution in [1.82, 2.24) is 24.8 Å². The molecule has 5 rings (SSSR count). The number of likely N-dealkylation sites (tertiary alicyclic amines) is 1. The molecule has 2 saturated heterocycles. The van der Waals surface area contributed by atoms with Gasteiger partial charge in [0.15, 0.2) is 0 Å². The van der Waals surface area contributed by atoms with Gasteiger partial charge in [0.1, 0.15) is 22.5 Å². The molecule has 3 aliphatic rings. The number of halogens is 1. The minimum absolute atomic E-state index is 0.0659. The summed E-state index contributed by atoms with van der Waals surface area (Å²) in [6, 6.07) is 4.18. The highest BCUT2D eigenvalue weighted by molar-refractivity contribution is 6.29. The second-order valence-electron chi connectivity index (χ2n) is 9.67. The molecular formula is C26H33ClN8O. The molecule has 10 heteroatoms. The quantitative estimate of drug-likeness (QED) is 0.618. The lowest BCUT2D eigenvalue weighted by molar-refractivity contribution is 0.0491. The third kappa shape index (κ3) is 4.95. The number of carbonyl (C=O) groups excluding carboxylic acids is 1. The third-order valence-electron chi connectivity index (χ3n) is 7.50. The number of amides is 1. The van der Waals surface area contributed by atoms with Crippen molar-refractivity contribution in [3.8, 4) is 0 Å². The van der Waals surface area contributed by atoms with Crippen LogP contribution in [-0.4, -0.2) is 81.2 Å². The van der Waals surface area contributed by atoms with Crippen molar-refractivity contribution in [1.29, 1.82) is 0 Å². The number of piperidine rings is 1. The molecule has 5 heterocycles. The van der Waals surface area contributed by atoms with E-state index in [-0.39, 0.29) is 11.7 Å². The van der Waals surface area contributed by atoms with Gasteiger partial charge in [0.2, 0.25) is 0 Å². The fraction of sp³-hybridized carbons (Fsp3) is 0.500. The fourth-order valence-electron chi connectivity index (χ4n) is 5.56.